The van der Waals surface area contributed by atoms with E-state index in [0.29, 0.717) is 31.3 Å². The van der Waals surface area contributed by atoms with Crippen molar-refractivity contribution in [3.05, 3.63) is 53.4 Å². The van der Waals surface area contributed by atoms with Crippen LogP contribution in [-0.4, -0.2) is 29.6 Å². The molecule has 2 aromatic rings. The van der Waals surface area contributed by atoms with Gasteiger partial charge >= 0.3 is 6.18 Å². The number of rotatable bonds is 5. The van der Waals surface area contributed by atoms with Crippen molar-refractivity contribution in [1.82, 2.24) is 15.4 Å². The van der Waals surface area contributed by atoms with Crippen molar-refractivity contribution >= 4 is 29.9 Å². The lowest BCUT2D eigenvalue weighted by Gasteiger charge is -2.22. The highest BCUT2D eigenvalue weighted by molar-refractivity contribution is 14.0. The Bertz CT molecular complexity index is 657. The maximum absolute atomic E-state index is 12.6. The monoisotopic (exact) mass is 468 g/mol. The topological polar surface area (TPSA) is 53.7 Å². The molecule has 5 nitrogen and oxygen atoms in total. The van der Waals surface area contributed by atoms with Gasteiger partial charge in [-0.2, -0.15) is 13.2 Å². The quantitative estimate of drug-likeness (QED) is 0.411. The first kappa shape index (κ1) is 21.3. The fourth-order valence-electron chi connectivity index (χ4n) is 2.09. The number of alkyl halides is 3. The van der Waals surface area contributed by atoms with E-state index in [1.165, 1.54) is 18.4 Å². The Morgan fingerprint density at radius 2 is 1.92 bits per heavy atom. The van der Waals surface area contributed by atoms with Crippen molar-refractivity contribution in [3.8, 4) is 0 Å². The molecule has 1 aromatic heterocycles. The van der Waals surface area contributed by atoms with Gasteiger partial charge in [-0.25, -0.2) is 4.99 Å². The molecule has 1 aromatic carbocycles. The lowest BCUT2D eigenvalue weighted by molar-refractivity contribution is -0.137. The lowest BCUT2D eigenvalue weighted by Crippen LogP contribution is -2.38. The molecule has 138 valence electrons. The van der Waals surface area contributed by atoms with E-state index in [1.54, 1.807) is 6.07 Å². The van der Waals surface area contributed by atoms with Gasteiger partial charge in [0, 0.05) is 26.2 Å². The molecule has 1 heterocycles. The smallest absolute Gasteiger partial charge is 0.364 e. The SMILES string of the molecule is CCNC(=NCc1ccon1)N(C)Cc1ccc(C(F)(F)F)cc1.I. The van der Waals surface area contributed by atoms with E-state index >= 15 is 0 Å². The molecule has 0 radical (unpaired) electrons. The third kappa shape index (κ3) is 6.56. The van der Waals surface area contributed by atoms with Gasteiger partial charge in [-0.3, -0.25) is 0 Å². The van der Waals surface area contributed by atoms with Gasteiger partial charge in [0.25, 0.3) is 0 Å². The number of hydrogen-bond donors (Lipinski definition) is 1. The summed E-state index contributed by atoms with van der Waals surface area (Å²) in [5.74, 6) is 0.639. The number of nitrogens with one attached hydrogen (secondary N) is 1. The van der Waals surface area contributed by atoms with Crippen molar-refractivity contribution in [2.45, 2.75) is 26.2 Å². The highest BCUT2D eigenvalue weighted by Crippen LogP contribution is 2.29. The van der Waals surface area contributed by atoms with Crippen molar-refractivity contribution < 1.29 is 17.7 Å². The van der Waals surface area contributed by atoms with Gasteiger partial charge in [0.2, 0.25) is 0 Å². The first-order valence-electron chi connectivity index (χ1n) is 7.45. The van der Waals surface area contributed by atoms with Crippen LogP contribution in [0.4, 0.5) is 13.2 Å². The van der Waals surface area contributed by atoms with Crippen molar-refractivity contribution in [3.63, 3.8) is 0 Å². The van der Waals surface area contributed by atoms with E-state index in [2.05, 4.69) is 15.5 Å². The summed E-state index contributed by atoms with van der Waals surface area (Å²) in [5, 5.41) is 6.93. The normalized spacial score (nSPS) is 11.8. The van der Waals surface area contributed by atoms with Crippen LogP contribution in [0.25, 0.3) is 0 Å². The van der Waals surface area contributed by atoms with E-state index in [1.807, 2.05) is 18.9 Å². The van der Waals surface area contributed by atoms with Gasteiger partial charge in [0.1, 0.15) is 12.0 Å². The molecular weight excluding hydrogens is 448 g/mol. The Kier molecular flexibility index (Phi) is 8.20. The molecule has 2 rings (SSSR count). The van der Waals surface area contributed by atoms with Gasteiger partial charge < -0.3 is 14.7 Å². The second kappa shape index (κ2) is 9.64. The van der Waals surface area contributed by atoms with E-state index in [-0.39, 0.29) is 24.0 Å². The summed E-state index contributed by atoms with van der Waals surface area (Å²) in [4.78, 5) is 6.28. The van der Waals surface area contributed by atoms with Gasteiger partial charge in [-0.1, -0.05) is 17.3 Å². The van der Waals surface area contributed by atoms with Crippen LogP contribution in [0, 0.1) is 0 Å². The number of benzene rings is 1. The zero-order valence-electron chi connectivity index (χ0n) is 13.9. The Balaban J connectivity index is 0.00000312. The highest BCUT2D eigenvalue weighted by atomic mass is 127. The fourth-order valence-corrected chi connectivity index (χ4v) is 2.09. The second-order valence-electron chi connectivity index (χ2n) is 5.21. The van der Waals surface area contributed by atoms with Crippen LogP contribution in [0.1, 0.15) is 23.7 Å². The summed E-state index contributed by atoms with van der Waals surface area (Å²) in [5.41, 5.74) is 0.811. The molecule has 0 amide bonds. The molecule has 9 heteroatoms. The minimum atomic E-state index is -4.32. The van der Waals surface area contributed by atoms with Crippen LogP contribution in [0.15, 0.2) is 46.1 Å². The van der Waals surface area contributed by atoms with Crippen molar-refractivity contribution in [1.29, 1.82) is 0 Å². The summed E-state index contributed by atoms with van der Waals surface area (Å²) in [6.07, 6.45) is -2.85. The van der Waals surface area contributed by atoms with Crippen molar-refractivity contribution in [2.24, 2.45) is 4.99 Å². The summed E-state index contributed by atoms with van der Waals surface area (Å²) >= 11 is 0. The first-order chi connectivity index (χ1) is 11.4. The van der Waals surface area contributed by atoms with Crippen LogP contribution < -0.4 is 5.32 Å². The first-order valence-corrected chi connectivity index (χ1v) is 7.45. The van der Waals surface area contributed by atoms with Crippen LogP contribution in [0.2, 0.25) is 0 Å². The van der Waals surface area contributed by atoms with Crippen LogP contribution in [0.5, 0.6) is 0 Å². The molecule has 0 aliphatic heterocycles. The molecule has 0 fully saturated rings. The van der Waals surface area contributed by atoms with E-state index < -0.39 is 11.7 Å². The average molecular weight is 468 g/mol. The van der Waals surface area contributed by atoms with Crippen LogP contribution >= 0.6 is 24.0 Å². The molecule has 0 unspecified atom stereocenters. The molecule has 1 N–H and O–H groups in total. The Labute approximate surface area is 161 Å². The predicted molar refractivity (Wildman–Crippen MR) is 99.6 cm³/mol. The summed E-state index contributed by atoms with van der Waals surface area (Å²) < 4.78 is 42.5. The predicted octanol–water partition coefficient (Wildman–Crippen LogP) is 3.91. The number of aromatic nitrogens is 1. The molecule has 0 saturated heterocycles. The van der Waals surface area contributed by atoms with Crippen LogP contribution in [-0.2, 0) is 19.3 Å². The van der Waals surface area contributed by atoms with E-state index in [0.717, 1.165) is 17.7 Å². The Hall–Kier alpha value is -1.78. The number of aliphatic imine (C=N–C) groups is 1. The highest BCUT2D eigenvalue weighted by Gasteiger charge is 2.29. The molecule has 0 aliphatic rings. The number of hydrogen-bond acceptors (Lipinski definition) is 3. The Morgan fingerprint density at radius 3 is 2.44 bits per heavy atom. The zero-order valence-corrected chi connectivity index (χ0v) is 16.2. The van der Waals surface area contributed by atoms with Gasteiger partial charge in [0.15, 0.2) is 5.96 Å². The lowest BCUT2D eigenvalue weighted by atomic mass is 10.1. The largest absolute Gasteiger partial charge is 0.416 e. The summed E-state index contributed by atoms with van der Waals surface area (Å²) in [7, 11) is 1.82. The standard InChI is InChI=1S/C16H19F3N4O.HI/c1-3-20-15(21-10-14-8-9-24-22-14)23(2)11-12-4-6-13(7-5-12)16(17,18)19;/h4-9H,3,10-11H2,1-2H3,(H,20,21);1H. The van der Waals surface area contributed by atoms with E-state index in [9.17, 15) is 13.2 Å². The molecule has 0 saturated carbocycles. The average Bonchev–Trinajstić information content (AvgIpc) is 3.04. The number of halogens is 4. The molecule has 25 heavy (non-hydrogen) atoms. The summed E-state index contributed by atoms with van der Waals surface area (Å²) in [6.45, 7) is 3.41. The number of nitrogens with zero attached hydrogens (tertiary/aromatic N) is 3. The van der Waals surface area contributed by atoms with Crippen molar-refractivity contribution in [2.75, 3.05) is 13.6 Å². The third-order valence-corrected chi connectivity index (χ3v) is 3.28. The van der Waals surface area contributed by atoms with Gasteiger partial charge in [-0.15, -0.1) is 24.0 Å². The summed E-state index contributed by atoms with van der Waals surface area (Å²) in [6, 6.07) is 6.84. The second-order valence-corrected chi connectivity index (χ2v) is 5.21. The van der Waals surface area contributed by atoms with Gasteiger partial charge in [-0.05, 0) is 24.6 Å². The maximum Gasteiger partial charge on any atom is 0.416 e. The molecule has 0 bridgehead atoms. The Morgan fingerprint density at radius 1 is 1.24 bits per heavy atom. The molecule has 0 aliphatic carbocycles. The molecule has 0 spiro atoms. The maximum atomic E-state index is 12.6. The third-order valence-electron chi connectivity index (χ3n) is 3.28. The zero-order chi connectivity index (χ0) is 17.6. The molecular formula is C16H20F3IN4O. The van der Waals surface area contributed by atoms with Crippen LogP contribution in [0.3, 0.4) is 0 Å². The van der Waals surface area contributed by atoms with Gasteiger partial charge in [0.05, 0.1) is 12.1 Å². The number of guanidine groups is 1. The molecule has 0 atom stereocenters. The minimum Gasteiger partial charge on any atom is -0.364 e. The van der Waals surface area contributed by atoms with E-state index in [4.69, 9.17) is 4.52 Å². The fraction of sp³-hybridized carbons (Fsp3) is 0.375. The minimum absolute atomic E-state index is 0.